The summed E-state index contributed by atoms with van der Waals surface area (Å²) in [6.07, 6.45) is 86.3. The van der Waals surface area contributed by atoms with Crippen LogP contribution in [0.5, 0.6) is 0 Å². The number of carbonyl (C=O) groups excluding carboxylic acids is 2. The summed E-state index contributed by atoms with van der Waals surface area (Å²) < 4.78 is 30.4. The maximum absolute atomic E-state index is 13.6. The zero-order chi connectivity index (χ0) is 61.4. The second-order valence-corrected chi connectivity index (χ2v) is 25.7. The van der Waals surface area contributed by atoms with Crippen LogP contribution >= 0.6 is 7.82 Å². The Hall–Kier alpha value is -3.33. The number of allylic oxidation sites excluding steroid dienone is 17. The van der Waals surface area contributed by atoms with E-state index in [0.29, 0.717) is 17.4 Å². The monoisotopic (exact) mass is 1190 g/mol. The first kappa shape index (κ1) is 80.7. The Morgan fingerprint density at radius 2 is 0.762 bits per heavy atom. The van der Waals surface area contributed by atoms with Crippen LogP contribution in [0.25, 0.3) is 0 Å². The van der Waals surface area contributed by atoms with Gasteiger partial charge in [0.1, 0.15) is 19.3 Å². The number of quaternary nitrogens is 1. The lowest BCUT2D eigenvalue weighted by atomic mass is 10.0. The molecule has 0 saturated heterocycles. The molecule has 0 aromatic heterocycles. The van der Waals surface area contributed by atoms with Gasteiger partial charge in [-0.05, 0) is 115 Å². The normalized spacial score (nSPS) is 14.2. The number of likely N-dealkylation sites (N-methyl/N-ethyl adjacent to an activating group) is 1. The van der Waals surface area contributed by atoms with E-state index in [9.17, 15) is 19.0 Å². The first-order valence-corrected chi connectivity index (χ1v) is 36.2. The van der Waals surface area contributed by atoms with E-state index in [-0.39, 0.29) is 24.9 Å². The first-order valence-electron chi connectivity index (χ1n) is 34.7. The number of phosphoric ester groups is 1. The highest BCUT2D eigenvalue weighted by Crippen LogP contribution is 2.38. The molecule has 0 heterocycles. The Labute approximate surface area is 519 Å². The lowest BCUT2D eigenvalue weighted by Gasteiger charge is -2.30. The molecule has 0 bridgehead atoms. The molecule has 10 heteroatoms. The SMILES string of the molecule is CC/C=C\C/C=C\C/C=C\C/C=C\C/C=C\CCCCCCCCCCCC(=O)NC(COP(=O)([O-])OCC[N+](C)(C)C)C(/C=C\CCCCCCCCCCCC)OC(=O)CCCCCCCCCC/C=C\C/C=C\C/C=C\CCCCC. The molecule has 3 atom stereocenters. The van der Waals surface area contributed by atoms with Crippen LogP contribution in [0.15, 0.2) is 109 Å². The van der Waals surface area contributed by atoms with Crippen molar-refractivity contribution in [1.82, 2.24) is 5.32 Å². The van der Waals surface area contributed by atoms with Crippen molar-refractivity contribution in [1.29, 1.82) is 0 Å². The smallest absolute Gasteiger partial charge is 0.306 e. The summed E-state index contributed by atoms with van der Waals surface area (Å²) in [6.45, 7) is 6.70. The Morgan fingerprint density at radius 1 is 0.429 bits per heavy atom. The lowest BCUT2D eigenvalue weighted by Crippen LogP contribution is -2.47. The van der Waals surface area contributed by atoms with Crippen molar-refractivity contribution < 1.29 is 37.3 Å². The van der Waals surface area contributed by atoms with Gasteiger partial charge in [0.2, 0.25) is 5.91 Å². The number of nitrogens with zero attached hydrogens (tertiary/aromatic N) is 1. The molecule has 9 nitrogen and oxygen atoms in total. The number of unbranched alkanes of at least 4 members (excludes halogenated alkanes) is 30. The van der Waals surface area contributed by atoms with Gasteiger partial charge in [0.15, 0.2) is 0 Å². The van der Waals surface area contributed by atoms with Gasteiger partial charge >= 0.3 is 5.97 Å². The van der Waals surface area contributed by atoms with Gasteiger partial charge < -0.3 is 28.5 Å². The van der Waals surface area contributed by atoms with Crippen molar-refractivity contribution in [2.45, 2.75) is 309 Å². The number of carbonyl (C=O) groups is 2. The third kappa shape index (κ3) is 63.2. The zero-order valence-electron chi connectivity index (χ0n) is 55.3. The minimum Gasteiger partial charge on any atom is -0.756 e. The van der Waals surface area contributed by atoms with Crippen LogP contribution in [0.3, 0.4) is 0 Å². The van der Waals surface area contributed by atoms with Crippen molar-refractivity contribution in [3.05, 3.63) is 109 Å². The molecule has 0 aliphatic rings. The van der Waals surface area contributed by atoms with Gasteiger partial charge in [-0.2, -0.15) is 0 Å². The number of ether oxygens (including phenoxy) is 1. The van der Waals surface area contributed by atoms with Crippen LogP contribution in [0.2, 0.25) is 0 Å². The third-order valence-electron chi connectivity index (χ3n) is 14.9. The van der Waals surface area contributed by atoms with Crippen molar-refractivity contribution in [3.8, 4) is 0 Å². The minimum atomic E-state index is -4.71. The van der Waals surface area contributed by atoms with Gasteiger partial charge in [0.05, 0.1) is 33.8 Å². The highest BCUT2D eigenvalue weighted by molar-refractivity contribution is 7.45. The molecule has 0 aliphatic heterocycles. The molecular weight excluding hydrogens is 1060 g/mol. The number of amides is 1. The number of rotatable bonds is 62. The van der Waals surface area contributed by atoms with Gasteiger partial charge in [-0.15, -0.1) is 0 Å². The van der Waals surface area contributed by atoms with Crippen molar-refractivity contribution >= 4 is 19.7 Å². The molecule has 0 aliphatic carbocycles. The summed E-state index contributed by atoms with van der Waals surface area (Å²) in [4.78, 5) is 40.2. The average Bonchev–Trinajstić information content (AvgIpc) is 3.64. The fraction of sp³-hybridized carbons (Fsp3) is 0.730. The molecule has 0 radical (unpaired) electrons. The number of esters is 1. The van der Waals surface area contributed by atoms with Gasteiger partial charge in [-0.25, -0.2) is 0 Å². The molecule has 0 rings (SSSR count). The maximum Gasteiger partial charge on any atom is 0.306 e. The molecule has 3 unspecified atom stereocenters. The quantitative estimate of drug-likeness (QED) is 0.0212. The Bertz CT molecular complexity index is 1810. The highest BCUT2D eigenvalue weighted by atomic mass is 31.2. The number of nitrogens with one attached hydrogen (secondary N) is 1. The third-order valence-corrected chi connectivity index (χ3v) is 15.9. The van der Waals surface area contributed by atoms with E-state index in [1.807, 2.05) is 33.3 Å². The predicted molar refractivity (Wildman–Crippen MR) is 362 cm³/mol. The fourth-order valence-electron chi connectivity index (χ4n) is 9.62. The molecule has 0 spiro atoms. The second-order valence-electron chi connectivity index (χ2n) is 24.3. The molecular formula is C74H131N2O7P. The van der Waals surface area contributed by atoms with E-state index in [0.717, 1.165) is 128 Å². The summed E-state index contributed by atoms with van der Waals surface area (Å²) in [6, 6.07) is -0.902. The van der Waals surface area contributed by atoms with Crippen LogP contribution in [0.1, 0.15) is 297 Å². The summed E-state index contributed by atoms with van der Waals surface area (Å²) in [5.41, 5.74) is 0. The summed E-state index contributed by atoms with van der Waals surface area (Å²) in [5.74, 6) is -0.556. The van der Waals surface area contributed by atoms with Gasteiger partial charge in [0, 0.05) is 12.8 Å². The van der Waals surface area contributed by atoms with Crippen LogP contribution in [0, 0.1) is 0 Å². The Balaban J connectivity index is 5.14. The molecule has 1 N–H and O–H groups in total. The summed E-state index contributed by atoms with van der Waals surface area (Å²) in [7, 11) is 1.17. The van der Waals surface area contributed by atoms with Crippen molar-refractivity contribution in [3.63, 3.8) is 0 Å². The van der Waals surface area contributed by atoms with E-state index in [1.165, 1.54) is 135 Å². The van der Waals surface area contributed by atoms with Crippen molar-refractivity contribution in [2.75, 3.05) is 40.9 Å². The predicted octanol–water partition coefficient (Wildman–Crippen LogP) is 21.4. The molecule has 1 amide bonds. The zero-order valence-corrected chi connectivity index (χ0v) is 56.2. The largest absolute Gasteiger partial charge is 0.756 e. The summed E-state index contributed by atoms with van der Waals surface area (Å²) in [5, 5.41) is 3.04. The van der Waals surface area contributed by atoms with E-state index in [2.05, 4.69) is 123 Å². The standard InChI is InChI=1S/C74H131N2O7P/c1-7-10-13-16-19-22-25-28-30-32-34-36-37-38-39-41-42-44-46-48-51-54-57-60-63-66-73(77)75-71(70-82-84(79,80)81-69-68-76(4,5)6)72(65-62-59-56-53-50-27-24-21-18-15-12-9-3)83-74(78)67-64-61-58-55-52-49-47-45-43-40-35-33-31-29-26-23-20-17-14-11-8-2/h10,13,19-20,22-23,28-31,34-36,38-40,62,65,71-72H,7-9,11-12,14-18,21,24-27,32-33,37,41-61,63-64,66-70H2,1-6H3,(H-,75,77,79,80)/b13-10-,22-19-,23-20-,30-28-,31-29-,36-34-,39-38-,40-35-,65-62-. The van der Waals surface area contributed by atoms with E-state index >= 15 is 0 Å². The van der Waals surface area contributed by atoms with E-state index in [1.54, 1.807) is 0 Å². The summed E-state index contributed by atoms with van der Waals surface area (Å²) >= 11 is 0. The highest BCUT2D eigenvalue weighted by Gasteiger charge is 2.27. The fourth-order valence-corrected chi connectivity index (χ4v) is 10.3. The number of phosphoric acid groups is 1. The lowest BCUT2D eigenvalue weighted by molar-refractivity contribution is -0.870. The maximum atomic E-state index is 13.6. The van der Waals surface area contributed by atoms with E-state index < -0.39 is 26.6 Å². The Morgan fingerprint density at radius 3 is 1.17 bits per heavy atom. The molecule has 0 aromatic carbocycles. The van der Waals surface area contributed by atoms with Crippen LogP contribution in [-0.2, 0) is 27.9 Å². The molecule has 0 fully saturated rings. The second kappa shape index (κ2) is 62.7. The first-order chi connectivity index (χ1) is 40.9. The topological polar surface area (TPSA) is 114 Å². The average molecular weight is 1190 g/mol. The van der Waals surface area contributed by atoms with Gasteiger partial charge in [0.25, 0.3) is 7.82 Å². The molecule has 484 valence electrons. The molecule has 0 saturated carbocycles. The number of hydrogen-bond donors (Lipinski definition) is 1. The Kier molecular flexibility index (Phi) is 60.2. The van der Waals surface area contributed by atoms with Crippen LogP contribution in [-0.4, -0.2) is 69.4 Å². The molecule has 0 aromatic rings. The van der Waals surface area contributed by atoms with Gasteiger partial charge in [-0.1, -0.05) is 278 Å². The van der Waals surface area contributed by atoms with Crippen LogP contribution < -0.4 is 10.2 Å². The number of hydrogen-bond acceptors (Lipinski definition) is 7. The van der Waals surface area contributed by atoms with Crippen LogP contribution in [0.4, 0.5) is 0 Å². The van der Waals surface area contributed by atoms with Gasteiger partial charge in [-0.3, -0.25) is 14.2 Å². The molecule has 84 heavy (non-hydrogen) atoms. The van der Waals surface area contributed by atoms with Crippen molar-refractivity contribution in [2.24, 2.45) is 0 Å². The van der Waals surface area contributed by atoms with E-state index in [4.69, 9.17) is 13.8 Å². The minimum absolute atomic E-state index is 0.0296.